The highest BCUT2D eigenvalue weighted by Gasteiger charge is 2.64. The van der Waals surface area contributed by atoms with Crippen LogP contribution in [0.4, 0.5) is 0 Å². The molecule has 4 saturated carbocycles. The molecule has 0 spiro atoms. The summed E-state index contributed by atoms with van der Waals surface area (Å²) in [6.07, 6.45) is 8.99. The second-order valence-corrected chi connectivity index (χ2v) is 9.94. The highest BCUT2D eigenvalue weighted by atomic mass is 16.5. The molecule has 0 aromatic carbocycles. The normalized spacial score (nSPS) is 55.4. The molecule has 142 valence electrons. The molecule has 9 atom stereocenters. The first kappa shape index (κ1) is 18.0. The average molecular weight is 348 g/mol. The Kier molecular flexibility index (Phi) is 4.37. The minimum absolute atomic E-state index is 0.179. The van der Waals surface area contributed by atoms with E-state index in [2.05, 4.69) is 20.4 Å². The maximum atomic E-state index is 6.39. The standard InChI is InChI=1S/C22H37NO2/c1-13-6-7-15-18-16(9-11-21(13,15)2)22(3)10-8-14(23)12-17(22)19(24-4)20(18)25-5/h14-20H,1,6-12,23H2,2-5H3. The first-order valence-corrected chi connectivity index (χ1v) is 10.4. The molecule has 4 aliphatic rings. The van der Waals surface area contributed by atoms with E-state index < -0.39 is 0 Å². The lowest BCUT2D eigenvalue weighted by Gasteiger charge is -2.64. The first-order valence-electron chi connectivity index (χ1n) is 10.4. The summed E-state index contributed by atoms with van der Waals surface area (Å²) in [5, 5.41) is 0. The van der Waals surface area contributed by atoms with Gasteiger partial charge in [0.1, 0.15) is 0 Å². The van der Waals surface area contributed by atoms with E-state index >= 15 is 0 Å². The smallest absolute Gasteiger partial charge is 0.0869 e. The molecular formula is C22H37NO2. The third-order valence-electron chi connectivity index (χ3n) is 9.24. The Morgan fingerprint density at radius 1 is 0.960 bits per heavy atom. The molecule has 0 heterocycles. The van der Waals surface area contributed by atoms with Crippen LogP contribution >= 0.6 is 0 Å². The summed E-state index contributed by atoms with van der Waals surface area (Å²) in [5.41, 5.74) is 8.53. The molecule has 2 N–H and O–H groups in total. The molecule has 0 bridgehead atoms. The lowest BCUT2D eigenvalue weighted by Crippen LogP contribution is -2.65. The van der Waals surface area contributed by atoms with E-state index in [1.165, 1.54) is 44.1 Å². The lowest BCUT2D eigenvalue weighted by atomic mass is 9.43. The Bertz CT molecular complexity index is 548. The maximum absolute atomic E-state index is 6.39. The van der Waals surface area contributed by atoms with E-state index in [0.29, 0.717) is 34.6 Å². The van der Waals surface area contributed by atoms with Crippen LogP contribution < -0.4 is 5.73 Å². The molecule has 25 heavy (non-hydrogen) atoms. The van der Waals surface area contributed by atoms with Gasteiger partial charge in [0.15, 0.2) is 0 Å². The predicted molar refractivity (Wildman–Crippen MR) is 101 cm³/mol. The molecule has 0 amide bonds. The van der Waals surface area contributed by atoms with Gasteiger partial charge in [-0.1, -0.05) is 26.0 Å². The molecule has 3 heteroatoms. The summed E-state index contributed by atoms with van der Waals surface area (Å²) in [6.45, 7) is 9.48. The van der Waals surface area contributed by atoms with E-state index in [9.17, 15) is 0 Å². The van der Waals surface area contributed by atoms with Crippen molar-refractivity contribution >= 4 is 0 Å². The Hall–Kier alpha value is -0.380. The summed E-state index contributed by atoms with van der Waals surface area (Å²) in [7, 11) is 3.78. The molecule has 9 unspecified atom stereocenters. The van der Waals surface area contributed by atoms with Crippen LogP contribution in [0.15, 0.2) is 12.2 Å². The van der Waals surface area contributed by atoms with Gasteiger partial charge in [-0.2, -0.15) is 0 Å². The topological polar surface area (TPSA) is 44.5 Å². The third kappa shape index (κ3) is 2.34. The Morgan fingerprint density at radius 2 is 1.68 bits per heavy atom. The number of ether oxygens (including phenoxy) is 2. The number of hydrogen-bond acceptors (Lipinski definition) is 3. The van der Waals surface area contributed by atoms with Gasteiger partial charge in [0.25, 0.3) is 0 Å². The van der Waals surface area contributed by atoms with Gasteiger partial charge in [-0.05, 0) is 79.4 Å². The Labute approximate surface area is 153 Å². The number of fused-ring (bicyclic) bond motifs is 5. The van der Waals surface area contributed by atoms with E-state index in [1.54, 1.807) is 0 Å². The fourth-order valence-electron chi connectivity index (χ4n) is 7.73. The van der Waals surface area contributed by atoms with E-state index in [1.807, 2.05) is 14.2 Å². The van der Waals surface area contributed by atoms with Crippen LogP contribution in [0.5, 0.6) is 0 Å². The van der Waals surface area contributed by atoms with Gasteiger partial charge in [0.05, 0.1) is 12.2 Å². The summed E-state index contributed by atoms with van der Waals surface area (Å²) in [6, 6.07) is 0.324. The fraction of sp³-hybridized carbons (Fsp3) is 0.909. The molecule has 0 saturated heterocycles. The zero-order valence-electron chi connectivity index (χ0n) is 16.6. The SMILES string of the molecule is C=C1CCC2C3C(OC)C(OC)C4CC(N)CCC4(C)C3CCC12C. The average Bonchev–Trinajstić information content (AvgIpc) is 2.90. The summed E-state index contributed by atoms with van der Waals surface area (Å²) in [4.78, 5) is 0. The van der Waals surface area contributed by atoms with Crippen molar-refractivity contribution in [1.82, 2.24) is 0 Å². The molecule has 3 nitrogen and oxygen atoms in total. The second-order valence-electron chi connectivity index (χ2n) is 9.94. The third-order valence-corrected chi connectivity index (χ3v) is 9.24. The highest BCUT2D eigenvalue weighted by molar-refractivity contribution is 5.23. The van der Waals surface area contributed by atoms with Crippen LogP contribution in [-0.4, -0.2) is 32.5 Å². The van der Waals surface area contributed by atoms with Gasteiger partial charge in [0.2, 0.25) is 0 Å². The predicted octanol–water partition coefficient (Wildman–Crippen LogP) is 4.16. The van der Waals surface area contributed by atoms with E-state index in [4.69, 9.17) is 15.2 Å². The summed E-state index contributed by atoms with van der Waals surface area (Å²) < 4.78 is 12.3. The number of allylic oxidation sites excluding steroid dienone is 1. The first-order chi connectivity index (χ1) is 11.9. The van der Waals surface area contributed by atoms with Crippen molar-refractivity contribution in [3.63, 3.8) is 0 Å². The molecule has 0 aromatic rings. The number of hydrogen-bond donors (Lipinski definition) is 1. The minimum atomic E-state index is 0.179. The molecule has 4 fully saturated rings. The minimum Gasteiger partial charge on any atom is -0.378 e. The molecule has 0 radical (unpaired) electrons. The van der Waals surface area contributed by atoms with Crippen LogP contribution in [0, 0.1) is 34.5 Å². The fourth-order valence-corrected chi connectivity index (χ4v) is 7.73. The highest BCUT2D eigenvalue weighted by Crippen LogP contribution is 2.67. The second kappa shape index (κ2) is 6.07. The van der Waals surface area contributed by atoms with Crippen LogP contribution in [0.2, 0.25) is 0 Å². The van der Waals surface area contributed by atoms with Crippen LogP contribution in [0.25, 0.3) is 0 Å². The number of methoxy groups -OCH3 is 2. The van der Waals surface area contributed by atoms with E-state index in [0.717, 1.165) is 12.3 Å². The van der Waals surface area contributed by atoms with Crippen LogP contribution in [0.3, 0.4) is 0 Å². The molecule has 4 rings (SSSR count). The van der Waals surface area contributed by atoms with Crippen LogP contribution in [0.1, 0.15) is 58.8 Å². The summed E-state index contributed by atoms with van der Waals surface area (Å²) in [5.74, 6) is 2.57. The van der Waals surface area contributed by atoms with Crippen molar-refractivity contribution in [2.45, 2.75) is 77.0 Å². The molecular weight excluding hydrogens is 310 g/mol. The van der Waals surface area contributed by atoms with Gasteiger partial charge in [-0.3, -0.25) is 0 Å². The number of nitrogens with two attached hydrogens (primary N) is 1. The van der Waals surface area contributed by atoms with Gasteiger partial charge in [0, 0.05) is 20.3 Å². The number of rotatable bonds is 2. The molecule has 0 aliphatic heterocycles. The van der Waals surface area contributed by atoms with Crippen molar-refractivity contribution in [2.24, 2.45) is 40.2 Å². The lowest BCUT2D eigenvalue weighted by molar-refractivity contribution is -0.225. The van der Waals surface area contributed by atoms with Gasteiger partial charge in [-0.15, -0.1) is 0 Å². The van der Waals surface area contributed by atoms with E-state index in [-0.39, 0.29) is 12.2 Å². The van der Waals surface area contributed by atoms with Crippen molar-refractivity contribution in [3.05, 3.63) is 12.2 Å². The molecule has 0 aromatic heterocycles. The monoisotopic (exact) mass is 347 g/mol. The van der Waals surface area contributed by atoms with Crippen LogP contribution in [-0.2, 0) is 9.47 Å². The van der Waals surface area contributed by atoms with Crippen molar-refractivity contribution in [2.75, 3.05) is 14.2 Å². The van der Waals surface area contributed by atoms with Gasteiger partial charge >= 0.3 is 0 Å². The Morgan fingerprint density at radius 3 is 2.36 bits per heavy atom. The van der Waals surface area contributed by atoms with Gasteiger partial charge < -0.3 is 15.2 Å². The van der Waals surface area contributed by atoms with Crippen molar-refractivity contribution < 1.29 is 9.47 Å². The zero-order chi connectivity index (χ0) is 18.0. The largest absolute Gasteiger partial charge is 0.378 e. The molecule has 4 aliphatic carbocycles. The summed E-state index contributed by atoms with van der Waals surface area (Å²) >= 11 is 0. The van der Waals surface area contributed by atoms with Crippen molar-refractivity contribution in [3.8, 4) is 0 Å². The van der Waals surface area contributed by atoms with Crippen molar-refractivity contribution in [1.29, 1.82) is 0 Å². The van der Waals surface area contributed by atoms with Gasteiger partial charge in [-0.25, -0.2) is 0 Å². The quantitative estimate of drug-likeness (QED) is 0.763. The zero-order valence-corrected chi connectivity index (χ0v) is 16.6. The maximum Gasteiger partial charge on any atom is 0.0869 e. The Balaban J connectivity index is 1.77.